The van der Waals surface area contributed by atoms with Crippen LogP contribution in [0.1, 0.15) is 117 Å². The molecule has 0 saturated carbocycles. The van der Waals surface area contributed by atoms with Gasteiger partial charge in [-0.2, -0.15) is 13.2 Å². The molecule has 0 fully saturated rings. The number of fused-ring (bicyclic) bond motifs is 4. The van der Waals surface area contributed by atoms with Gasteiger partial charge in [0.25, 0.3) is 0 Å². The van der Waals surface area contributed by atoms with Gasteiger partial charge in [0.2, 0.25) is 0 Å². The van der Waals surface area contributed by atoms with Gasteiger partial charge in [-0.15, -0.1) is 0 Å². The number of hydrogen-bond acceptors (Lipinski definition) is 5. The molecule has 0 atom stereocenters. The van der Waals surface area contributed by atoms with Crippen molar-refractivity contribution in [3.05, 3.63) is 214 Å². The molecule has 8 heteroatoms. The van der Waals surface area contributed by atoms with Crippen LogP contribution < -0.4 is 9.80 Å². The van der Waals surface area contributed by atoms with Crippen molar-refractivity contribution in [3.8, 4) is 45.3 Å². The predicted molar refractivity (Wildman–Crippen MR) is 317 cm³/mol. The zero-order chi connectivity index (χ0) is 55.7. The first-order valence-electron chi connectivity index (χ1n) is 27.2. The van der Waals surface area contributed by atoms with Crippen LogP contribution in [0.2, 0.25) is 0 Å². The minimum absolute atomic E-state index is 0.450. The van der Waals surface area contributed by atoms with Crippen molar-refractivity contribution in [3.63, 3.8) is 0 Å². The maximum atomic E-state index is 15.8. The molecule has 8 aromatic carbocycles. The van der Waals surface area contributed by atoms with E-state index in [-0.39, 0.29) is 0 Å². The molecular formula is C70H68F3N5. The van der Waals surface area contributed by atoms with Crippen LogP contribution in [0.25, 0.3) is 45.3 Å². The summed E-state index contributed by atoms with van der Waals surface area (Å²) in [5.41, 5.74) is 32.1. The summed E-state index contributed by atoms with van der Waals surface area (Å²) in [5.74, 6) is 1.48. The van der Waals surface area contributed by atoms with Crippen molar-refractivity contribution in [1.29, 1.82) is 0 Å². The number of benzene rings is 8. The lowest BCUT2D eigenvalue weighted by atomic mass is 9.80. The molecule has 0 unspecified atom stereocenters. The number of rotatable bonds is 6. The molecule has 1 aromatic heterocycles. The van der Waals surface area contributed by atoms with Gasteiger partial charge in [0, 0.05) is 40.7 Å². The van der Waals surface area contributed by atoms with E-state index < -0.39 is 11.7 Å². The third-order valence-corrected chi connectivity index (χ3v) is 18.8. The van der Waals surface area contributed by atoms with Crippen LogP contribution >= 0.6 is 0 Å². The Balaban J connectivity index is 1.32. The highest BCUT2D eigenvalue weighted by Gasteiger charge is 2.39. The monoisotopic (exact) mass is 1040 g/mol. The molecular weight excluding hydrogens is 968 g/mol. The van der Waals surface area contributed by atoms with E-state index in [1.807, 2.05) is 72.8 Å². The first kappa shape index (κ1) is 52.2. The van der Waals surface area contributed by atoms with Crippen LogP contribution in [0.5, 0.6) is 0 Å². The Labute approximate surface area is 458 Å². The molecule has 2 aliphatic heterocycles. The molecule has 0 amide bonds. The zero-order valence-corrected chi connectivity index (χ0v) is 48.0. The molecule has 3 heterocycles. The average molecular weight is 1040 g/mol. The predicted octanol–water partition coefficient (Wildman–Crippen LogP) is 19.2. The standard InChI is InChI=1S/C70H68F3N5/c1-35-39(5)47(13)63-56(43(35)9)33-57-44(10)36(2)40(6)48(14)64(57)77(63)61-30-28-54(70(71,72)73)32-60(61)55-29-27-53(69-75-67(51-23-19-17-20-24-51)74-68(76-69)52-25-21-18-22-26-52)31-62(55)78-65-49(15)41(7)37(3)45(11)58(65)34-59-46(12)38(4)42(8)50(16)66(59)78/h17-32H,33-34H2,1-16H3. The second-order valence-electron chi connectivity index (χ2n) is 22.3. The Hall–Kier alpha value is -7.84. The van der Waals surface area contributed by atoms with Crippen LogP contribution in [-0.2, 0) is 19.0 Å². The first-order valence-corrected chi connectivity index (χ1v) is 27.2. The summed E-state index contributed by atoms with van der Waals surface area (Å²) in [6.45, 7) is 35.2. The van der Waals surface area contributed by atoms with Gasteiger partial charge in [0.05, 0.1) is 39.7 Å². The average Bonchev–Trinajstić information content (AvgIpc) is 3.61. The molecule has 0 spiro atoms. The maximum absolute atomic E-state index is 15.8. The van der Waals surface area contributed by atoms with Crippen molar-refractivity contribution in [2.45, 2.75) is 130 Å². The topological polar surface area (TPSA) is 45.2 Å². The summed E-state index contributed by atoms with van der Waals surface area (Å²) in [7, 11) is 0. The number of hydrogen-bond donors (Lipinski definition) is 0. The number of anilines is 6. The van der Waals surface area contributed by atoms with Gasteiger partial charge in [-0.05, 0) is 246 Å². The van der Waals surface area contributed by atoms with Crippen LogP contribution in [0.4, 0.5) is 47.3 Å². The molecule has 0 saturated heterocycles. The van der Waals surface area contributed by atoms with Crippen molar-refractivity contribution in [2.24, 2.45) is 0 Å². The smallest absolute Gasteiger partial charge is 0.309 e. The second-order valence-corrected chi connectivity index (χ2v) is 22.3. The highest BCUT2D eigenvalue weighted by Crippen LogP contribution is 2.58. The molecule has 394 valence electrons. The lowest BCUT2D eigenvalue weighted by Gasteiger charge is -2.42. The number of alkyl halides is 3. The van der Waals surface area contributed by atoms with Crippen molar-refractivity contribution in [1.82, 2.24) is 15.0 Å². The van der Waals surface area contributed by atoms with E-state index in [1.54, 1.807) is 6.07 Å². The zero-order valence-electron chi connectivity index (χ0n) is 48.0. The Morgan fingerprint density at radius 2 is 0.654 bits per heavy atom. The SMILES string of the molecule is Cc1c(C)c(C)c2c(c1C)Cc1c(C)c(C)c(C)c(C)c1N2c1ccc(C(F)(F)F)cc1-c1ccc(-c2nc(-c3ccccc3)nc(-c3ccccc3)n2)cc1N1c2c(C)c(C)c(C)c(C)c2Cc2c(C)c(C)c(C)c(C)c21. The van der Waals surface area contributed by atoms with Crippen LogP contribution in [-0.4, -0.2) is 15.0 Å². The summed E-state index contributed by atoms with van der Waals surface area (Å²) in [5, 5.41) is 0. The minimum Gasteiger partial charge on any atom is -0.309 e. The summed E-state index contributed by atoms with van der Waals surface area (Å²) >= 11 is 0. The largest absolute Gasteiger partial charge is 0.416 e. The van der Waals surface area contributed by atoms with Gasteiger partial charge in [-0.3, -0.25) is 0 Å². The van der Waals surface area contributed by atoms with Crippen molar-refractivity contribution < 1.29 is 13.2 Å². The normalized spacial score (nSPS) is 12.9. The second kappa shape index (κ2) is 19.0. The third-order valence-electron chi connectivity index (χ3n) is 18.8. The summed E-state index contributed by atoms with van der Waals surface area (Å²) in [6.07, 6.45) is -3.21. The van der Waals surface area contributed by atoms with E-state index in [1.165, 1.54) is 101 Å². The first-order chi connectivity index (χ1) is 37.0. The highest BCUT2D eigenvalue weighted by molar-refractivity contribution is 6.02. The Morgan fingerprint density at radius 1 is 0.321 bits per heavy atom. The quantitative estimate of drug-likeness (QED) is 0.166. The van der Waals surface area contributed by atoms with Crippen LogP contribution in [0.15, 0.2) is 97.1 Å². The van der Waals surface area contributed by atoms with Gasteiger partial charge >= 0.3 is 6.18 Å². The fourth-order valence-corrected chi connectivity index (χ4v) is 12.8. The van der Waals surface area contributed by atoms with Gasteiger partial charge in [0.1, 0.15) is 0 Å². The van der Waals surface area contributed by atoms with E-state index in [4.69, 9.17) is 15.0 Å². The van der Waals surface area contributed by atoms with E-state index in [2.05, 4.69) is 127 Å². The molecule has 2 aliphatic rings. The molecule has 78 heavy (non-hydrogen) atoms. The molecule has 11 rings (SSSR count). The van der Waals surface area contributed by atoms with Gasteiger partial charge in [-0.25, -0.2) is 15.0 Å². The molecule has 9 aromatic rings. The number of nitrogens with zero attached hydrogens (tertiary/aromatic N) is 5. The molecule has 0 radical (unpaired) electrons. The van der Waals surface area contributed by atoms with Crippen LogP contribution in [0.3, 0.4) is 0 Å². The molecule has 5 nitrogen and oxygen atoms in total. The van der Waals surface area contributed by atoms with Gasteiger partial charge in [0.15, 0.2) is 17.5 Å². The minimum atomic E-state index is -4.65. The molecule has 0 N–H and O–H groups in total. The Kier molecular flexibility index (Phi) is 12.7. The van der Waals surface area contributed by atoms with E-state index in [9.17, 15) is 0 Å². The van der Waals surface area contributed by atoms with Gasteiger partial charge in [-0.1, -0.05) is 72.8 Å². The number of halogens is 3. The number of aromatic nitrogens is 3. The van der Waals surface area contributed by atoms with E-state index in [0.29, 0.717) is 39.9 Å². The van der Waals surface area contributed by atoms with Crippen molar-refractivity contribution in [2.75, 3.05) is 9.80 Å². The lowest BCUT2D eigenvalue weighted by Crippen LogP contribution is -2.26. The fraction of sp³-hybridized carbons (Fsp3) is 0.271. The maximum Gasteiger partial charge on any atom is 0.416 e. The molecule has 0 bridgehead atoms. The Morgan fingerprint density at radius 3 is 1.01 bits per heavy atom. The lowest BCUT2D eigenvalue weighted by molar-refractivity contribution is -0.137. The summed E-state index contributed by atoms with van der Waals surface area (Å²) in [6, 6.07) is 30.4. The van der Waals surface area contributed by atoms with E-state index in [0.717, 1.165) is 74.7 Å². The fourth-order valence-electron chi connectivity index (χ4n) is 12.8. The molecule has 0 aliphatic carbocycles. The van der Waals surface area contributed by atoms with Crippen molar-refractivity contribution >= 4 is 34.1 Å². The highest BCUT2D eigenvalue weighted by atomic mass is 19.4. The van der Waals surface area contributed by atoms with Gasteiger partial charge < -0.3 is 9.80 Å². The van der Waals surface area contributed by atoms with Crippen LogP contribution in [0, 0.1) is 111 Å². The summed E-state index contributed by atoms with van der Waals surface area (Å²) < 4.78 is 47.3. The van der Waals surface area contributed by atoms with E-state index >= 15 is 13.2 Å². The summed E-state index contributed by atoms with van der Waals surface area (Å²) in [4.78, 5) is 20.3. The Bertz CT molecular complexity index is 3820. The third kappa shape index (κ3) is 7.99.